The predicted molar refractivity (Wildman–Crippen MR) is 124 cm³/mol. The molecule has 0 radical (unpaired) electrons. The minimum absolute atomic E-state index is 0.160. The zero-order valence-electron chi connectivity index (χ0n) is 19.0. The summed E-state index contributed by atoms with van der Waals surface area (Å²) >= 11 is 0. The normalized spacial score (nSPS) is 12.1. The van der Waals surface area contributed by atoms with E-state index >= 15 is 0 Å². The molecule has 0 aliphatic rings. The summed E-state index contributed by atoms with van der Waals surface area (Å²) in [6.45, 7) is 1.74. The molecule has 0 aromatic heterocycles. The monoisotopic (exact) mass is 491 g/mol. The summed E-state index contributed by atoms with van der Waals surface area (Å²) in [6.07, 6.45) is 2.44. The first-order chi connectivity index (χ1) is 15.7. The van der Waals surface area contributed by atoms with E-state index in [9.17, 15) is 19.2 Å². The van der Waals surface area contributed by atoms with Gasteiger partial charge in [0.05, 0.1) is 6.54 Å². The lowest BCUT2D eigenvalue weighted by atomic mass is 10.1. The number of hydrogen-bond acceptors (Lipinski definition) is 10. The molecule has 0 saturated carbocycles. The van der Waals surface area contributed by atoms with E-state index < -0.39 is 42.0 Å². The molecule has 0 bridgehead atoms. The van der Waals surface area contributed by atoms with E-state index in [4.69, 9.17) is 48.5 Å². The van der Waals surface area contributed by atoms with Crippen molar-refractivity contribution in [1.29, 1.82) is 0 Å². The summed E-state index contributed by atoms with van der Waals surface area (Å²) in [7, 11) is 0. The van der Waals surface area contributed by atoms with Crippen LogP contribution in [0.2, 0.25) is 0 Å². The van der Waals surface area contributed by atoms with Crippen LogP contribution >= 0.6 is 0 Å². The molecular weight excluding hydrogens is 454 g/mol. The minimum atomic E-state index is -1.02. The molecule has 1 rings (SSSR count). The molecule has 0 fully saturated rings. The zero-order chi connectivity index (χ0) is 27.3. The lowest BCUT2D eigenvalue weighted by Gasteiger charge is -2.05. The summed E-state index contributed by atoms with van der Waals surface area (Å²) in [5, 5.41) is 41.3. The van der Waals surface area contributed by atoms with Crippen LogP contribution in [0.15, 0.2) is 24.3 Å². The molecule has 0 aliphatic carbocycles. The Morgan fingerprint density at radius 1 is 0.794 bits per heavy atom. The molecule has 14 nitrogen and oxygen atoms in total. The van der Waals surface area contributed by atoms with Gasteiger partial charge in [-0.15, -0.1) is 0 Å². The molecule has 0 heterocycles. The number of phenolic OH excluding ortho intramolecular Hbond substituents is 1. The van der Waals surface area contributed by atoms with Crippen LogP contribution in [0.5, 0.6) is 5.75 Å². The zero-order valence-corrected chi connectivity index (χ0v) is 19.0. The molecule has 3 atom stereocenters. The number of carbonyl (C=O) groups is 4. The van der Waals surface area contributed by atoms with E-state index in [0.717, 1.165) is 18.4 Å². The Kier molecular flexibility index (Phi) is 22.4. The topological polar surface area (TPSA) is 300 Å². The maximum absolute atomic E-state index is 10.4. The summed E-state index contributed by atoms with van der Waals surface area (Å²) in [5.41, 5.74) is 26.0. The van der Waals surface area contributed by atoms with Gasteiger partial charge in [0, 0.05) is 0 Å². The fourth-order valence-corrected chi connectivity index (χ4v) is 1.61. The molecule has 0 saturated heterocycles. The first kappa shape index (κ1) is 35.3. The smallest absolute Gasteiger partial charge is 0.320 e. The highest BCUT2D eigenvalue weighted by atomic mass is 16.4. The van der Waals surface area contributed by atoms with E-state index in [2.05, 4.69) is 5.73 Å². The van der Waals surface area contributed by atoms with Crippen LogP contribution < -0.4 is 28.7 Å². The highest BCUT2D eigenvalue weighted by Gasteiger charge is 2.11. The molecule has 0 aliphatic heterocycles. The Bertz CT molecular complexity index is 715. The number of hydrogen-bond donors (Lipinski definition) is 10. The van der Waals surface area contributed by atoms with Gasteiger partial charge < -0.3 is 54.2 Å². The first-order valence-electron chi connectivity index (χ1n) is 10.0. The van der Waals surface area contributed by atoms with Gasteiger partial charge in [-0.25, -0.2) is 0 Å². The summed E-state index contributed by atoms with van der Waals surface area (Å²) < 4.78 is 0. The average molecular weight is 492 g/mol. The number of phenols is 1. The van der Waals surface area contributed by atoms with Crippen molar-refractivity contribution in [2.24, 2.45) is 28.7 Å². The van der Waals surface area contributed by atoms with Gasteiger partial charge in [0.15, 0.2) is 0 Å². The van der Waals surface area contributed by atoms with Crippen molar-refractivity contribution in [2.45, 2.75) is 50.7 Å². The maximum Gasteiger partial charge on any atom is 0.320 e. The van der Waals surface area contributed by atoms with Crippen LogP contribution in [0.4, 0.5) is 0 Å². The number of aliphatic carboxylic acids is 4. The van der Waals surface area contributed by atoms with Crippen LogP contribution in [0.25, 0.3) is 0 Å². The number of rotatable bonds is 10. The molecule has 15 N–H and O–H groups in total. The van der Waals surface area contributed by atoms with E-state index in [1.807, 2.05) is 0 Å². The number of nitrogens with two attached hydrogens (primary N) is 5. The summed E-state index contributed by atoms with van der Waals surface area (Å²) in [5.74, 6) is -3.72. The highest BCUT2D eigenvalue weighted by Crippen LogP contribution is 2.10. The average Bonchev–Trinajstić information content (AvgIpc) is 2.76. The van der Waals surface area contributed by atoms with E-state index in [1.54, 1.807) is 12.1 Å². The summed E-state index contributed by atoms with van der Waals surface area (Å²) in [4.78, 5) is 39.4. The quantitative estimate of drug-likeness (QED) is 0.163. The van der Waals surface area contributed by atoms with Crippen molar-refractivity contribution in [1.82, 2.24) is 0 Å². The Hall–Kier alpha value is -3.30. The van der Waals surface area contributed by atoms with Crippen LogP contribution in [0.1, 0.15) is 31.7 Å². The molecule has 1 aromatic carbocycles. The molecule has 0 amide bonds. The van der Waals surface area contributed by atoms with Gasteiger partial charge in [0.2, 0.25) is 0 Å². The number of benzene rings is 1. The Balaban J connectivity index is -0.000000406. The van der Waals surface area contributed by atoms with E-state index in [0.29, 0.717) is 13.0 Å². The maximum atomic E-state index is 10.4. The molecular formula is C20H37N5O9. The lowest BCUT2D eigenvalue weighted by molar-refractivity contribution is -0.139. The van der Waals surface area contributed by atoms with Crippen LogP contribution in [0, 0.1) is 0 Å². The number of unbranched alkanes of at least 4 members (excludes halogenated alkanes) is 1. The number of carboxylic acids is 4. The molecule has 14 heteroatoms. The standard InChI is InChI=1S/C9H11NO3.C6H14N2O2.C3H7NO2.C2H5NO2/c10-8(9(12)13)5-6-1-3-7(11)4-2-6;7-4-2-1-3-5(8)6(9)10;1-2(4)3(5)6;3-1-2(4)5/h1-4,8,11H,5,10H2,(H,12,13);5H,1-4,7-8H2,(H,9,10);2H,4H2,1H3,(H,5,6);1,3H2,(H,4,5)/t8-;5-;2-;/m000./s1. The summed E-state index contributed by atoms with van der Waals surface area (Å²) in [6, 6.07) is 3.98. The third kappa shape index (κ3) is 25.0. The third-order valence-electron chi connectivity index (χ3n) is 3.56. The first-order valence-corrected chi connectivity index (χ1v) is 10.0. The van der Waals surface area contributed by atoms with Crippen molar-refractivity contribution >= 4 is 23.9 Å². The van der Waals surface area contributed by atoms with Crippen LogP contribution in [-0.4, -0.2) is 80.6 Å². The van der Waals surface area contributed by atoms with Gasteiger partial charge in [-0.2, -0.15) is 0 Å². The van der Waals surface area contributed by atoms with Gasteiger partial charge in [-0.05, 0) is 50.4 Å². The van der Waals surface area contributed by atoms with Gasteiger partial charge >= 0.3 is 23.9 Å². The van der Waals surface area contributed by atoms with E-state index in [1.165, 1.54) is 19.1 Å². The SMILES string of the molecule is C[C@H](N)C(=O)O.NCC(=O)O.NCCCC[C@H](N)C(=O)O.N[C@@H](Cc1ccc(O)cc1)C(=O)O. The number of aromatic hydroxyl groups is 1. The van der Waals surface area contributed by atoms with Gasteiger partial charge in [0.1, 0.15) is 23.9 Å². The molecule has 0 unspecified atom stereocenters. The molecule has 0 spiro atoms. The van der Waals surface area contributed by atoms with Crippen molar-refractivity contribution in [3.05, 3.63) is 29.8 Å². The number of carboxylic acid groups (broad SMARTS) is 4. The largest absolute Gasteiger partial charge is 0.508 e. The second-order valence-electron chi connectivity index (χ2n) is 6.77. The predicted octanol–water partition coefficient (Wildman–Crippen LogP) is -1.68. The van der Waals surface area contributed by atoms with Crippen LogP contribution in [-0.2, 0) is 25.6 Å². The Morgan fingerprint density at radius 3 is 1.50 bits per heavy atom. The second-order valence-corrected chi connectivity index (χ2v) is 6.77. The van der Waals surface area contributed by atoms with Crippen molar-refractivity contribution in [2.75, 3.05) is 13.1 Å². The highest BCUT2D eigenvalue weighted by molar-refractivity contribution is 5.73. The van der Waals surface area contributed by atoms with Gasteiger partial charge in [0.25, 0.3) is 0 Å². The Labute approximate surface area is 197 Å². The lowest BCUT2D eigenvalue weighted by Crippen LogP contribution is -2.32. The van der Waals surface area contributed by atoms with E-state index in [-0.39, 0.29) is 18.7 Å². The fraction of sp³-hybridized carbons (Fsp3) is 0.500. The van der Waals surface area contributed by atoms with Gasteiger partial charge in [-0.1, -0.05) is 18.6 Å². The van der Waals surface area contributed by atoms with Crippen molar-refractivity contribution < 1.29 is 44.7 Å². The fourth-order valence-electron chi connectivity index (χ4n) is 1.61. The molecule has 1 aromatic rings. The van der Waals surface area contributed by atoms with Crippen molar-refractivity contribution in [3.8, 4) is 5.75 Å². The molecule has 196 valence electrons. The second kappa shape index (κ2) is 21.5. The third-order valence-corrected chi connectivity index (χ3v) is 3.56. The minimum Gasteiger partial charge on any atom is -0.508 e. The Morgan fingerprint density at radius 2 is 1.21 bits per heavy atom. The molecule has 34 heavy (non-hydrogen) atoms. The van der Waals surface area contributed by atoms with Crippen molar-refractivity contribution in [3.63, 3.8) is 0 Å². The van der Waals surface area contributed by atoms with Crippen LogP contribution in [0.3, 0.4) is 0 Å². The van der Waals surface area contributed by atoms with Gasteiger partial charge in [-0.3, -0.25) is 19.2 Å².